The Balaban J connectivity index is 2.45. The molecule has 0 heterocycles. The van der Waals surface area contributed by atoms with Crippen molar-refractivity contribution in [1.82, 2.24) is 10.6 Å². The molecule has 0 unspecified atom stereocenters. The van der Waals surface area contributed by atoms with Gasteiger partial charge in [0.15, 0.2) is 5.96 Å². The van der Waals surface area contributed by atoms with Gasteiger partial charge in [0, 0.05) is 26.3 Å². The second-order valence-electron chi connectivity index (χ2n) is 4.17. The number of halogens is 2. The Morgan fingerprint density at radius 1 is 1.30 bits per heavy atom. The lowest BCUT2D eigenvalue weighted by molar-refractivity contribution is 0.208. The van der Waals surface area contributed by atoms with Crippen molar-refractivity contribution in [3.8, 4) is 0 Å². The molecule has 0 atom stereocenters. The van der Waals surface area contributed by atoms with Crippen molar-refractivity contribution in [3.63, 3.8) is 0 Å². The van der Waals surface area contributed by atoms with Crippen LogP contribution in [0.5, 0.6) is 0 Å². The predicted molar refractivity (Wildman–Crippen MR) is 75.9 cm³/mol. The van der Waals surface area contributed by atoms with Gasteiger partial charge in [-0.3, -0.25) is 4.99 Å². The molecule has 1 rings (SSSR count). The lowest BCUT2D eigenvalue weighted by Crippen LogP contribution is -2.38. The van der Waals surface area contributed by atoms with Crippen LogP contribution in [0.25, 0.3) is 0 Å². The number of ether oxygens (including phenoxy) is 1. The fourth-order valence-electron chi connectivity index (χ4n) is 1.63. The first-order valence-electron chi connectivity index (χ1n) is 6.62. The summed E-state index contributed by atoms with van der Waals surface area (Å²) in [6, 6.07) is 3.62. The maximum atomic E-state index is 13.4. The second kappa shape index (κ2) is 9.25. The number of hydrogen-bond acceptors (Lipinski definition) is 2. The highest BCUT2D eigenvalue weighted by Gasteiger charge is 2.04. The first-order chi connectivity index (χ1) is 9.67. The Morgan fingerprint density at radius 2 is 2.10 bits per heavy atom. The molecule has 0 saturated heterocycles. The van der Waals surface area contributed by atoms with Gasteiger partial charge in [0.25, 0.3) is 0 Å². The standard InChI is InChI=1S/C14H21F2N3O/c1-3-17-14(19-8-9-20-2)18-7-6-11-4-5-12(15)10-13(11)16/h4-5,10H,3,6-9H2,1-2H3,(H2,17,18,19). The van der Waals surface area contributed by atoms with E-state index < -0.39 is 11.6 Å². The number of methoxy groups -OCH3 is 1. The number of guanidine groups is 1. The van der Waals surface area contributed by atoms with E-state index in [0.29, 0.717) is 37.6 Å². The van der Waals surface area contributed by atoms with E-state index in [9.17, 15) is 8.78 Å². The minimum absolute atomic E-state index is 0.459. The van der Waals surface area contributed by atoms with Gasteiger partial charge in [0.1, 0.15) is 11.6 Å². The lowest BCUT2D eigenvalue weighted by Gasteiger charge is -2.11. The number of benzene rings is 1. The summed E-state index contributed by atoms with van der Waals surface area (Å²) in [5.41, 5.74) is 0.478. The van der Waals surface area contributed by atoms with Crippen LogP contribution >= 0.6 is 0 Å². The monoisotopic (exact) mass is 285 g/mol. The van der Waals surface area contributed by atoms with Crippen molar-refractivity contribution in [2.24, 2.45) is 4.99 Å². The van der Waals surface area contributed by atoms with E-state index in [2.05, 4.69) is 15.6 Å². The summed E-state index contributed by atoms with van der Waals surface area (Å²) in [5.74, 6) is -0.422. The highest BCUT2D eigenvalue weighted by molar-refractivity contribution is 5.79. The molecule has 20 heavy (non-hydrogen) atoms. The highest BCUT2D eigenvalue weighted by atomic mass is 19.1. The Labute approximate surface area is 118 Å². The van der Waals surface area contributed by atoms with E-state index in [1.165, 1.54) is 12.1 Å². The van der Waals surface area contributed by atoms with Crippen LogP contribution in [-0.2, 0) is 11.2 Å². The van der Waals surface area contributed by atoms with Gasteiger partial charge in [0.2, 0.25) is 0 Å². The molecular weight excluding hydrogens is 264 g/mol. The van der Waals surface area contributed by atoms with E-state index in [0.717, 1.165) is 12.6 Å². The first-order valence-corrected chi connectivity index (χ1v) is 6.62. The third kappa shape index (κ3) is 5.97. The van der Waals surface area contributed by atoms with E-state index in [-0.39, 0.29) is 0 Å². The zero-order chi connectivity index (χ0) is 14.8. The average Bonchev–Trinajstić information content (AvgIpc) is 2.41. The molecule has 1 aromatic rings. The Hall–Kier alpha value is -1.69. The Kier molecular flexibility index (Phi) is 7.57. The van der Waals surface area contributed by atoms with Gasteiger partial charge in [-0.25, -0.2) is 8.78 Å². The summed E-state index contributed by atoms with van der Waals surface area (Å²) in [7, 11) is 1.62. The summed E-state index contributed by atoms with van der Waals surface area (Å²) in [4.78, 5) is 4.29. The molecule has 0 aliphatic rings. The van der Waals surface area contributed by atoms with E-state index >= 15 is 0 Å². The van der Waals surface area contributed by atoms with E-state index in [1.54, 1.807) is 7.11 Å². The molecule has 4 nitrogen and oxygen atoms in total. The van der Waals surface area contributed by atoms with Gasteiger partial charge in [-0.15, -0.1) is 0 Å². The highest BCUT2D eigenvalue weighted by Crippen LogP contribution is 2.09. The quantitative estimate of drug-likeness (QED) is 0.455. The number of aliphatic imine (C=N–C) groups is 1. The molecule has 0 radical (unpaired) electrons. The van der Waals surface area contributed by atoms with Crippen molar-refractivity contribution in [2.75, 3.05) is 33.4 Å². The second-order valence-corrected chi connectivity index (χ2v) is 4.17. The third-order valence-electron chi connectivity index (χ3n) is 2.61. The largest absolute Gasteiger partial charge is 0.383 e. The van der Waals surface area contributed by atoms with Crippen LogP contribution in [0.2, 0.25) is 0 Å². The summed E-state index contributed by atoms with van der Waals surface area (Å²) in [6.45, 7) is 4.32. The fourth-order valence-corrected chi connectivity index (χ4v) is 1.63. The van der Waals surface area contributed by atoms with Gasteiger partial charge in [0.05, 0.1) is 13.2 Å². The van der Waals surface area contributed by atoms with Crippen molar-refractivity contribution in [3.05, 3.63) is 35.4 Å². The summed E-state index contributed by atoms with van der Waals surface area (Å²) < 4.78 is 31.1. The Morgan fingerprint density at radius 3 is 2.75 bits per heavy atom. The molecule has 0 fully saturated rings. The lowest BCUT2D eigenvalue weighted by atomic mass is 10.1. The molecule has 0 bridgehead atoms. The minimum Gasteiger partial charge on any atom is -0.383 e. The zero-order valence-electron chi connectivity index (χ0n) is 11.9. The molecular formula is C14H21F2N3O. The average molecular weight is 285 g/mol. The van der Waals surface area contributed by atoms with Crippen LogP contribution in [0.1, 0.15) is 12.5 Å². The van der Waals surface area contributed by atoms with Crippen molar-refractivity contribution in [1.29, 1.82) is 0 Å². The van der Waals surface area contributed by atoms with Gasteiger partial charge < -0.3 is 15.4 Å². The maximum absolute atomic E-state index is 13.4. The van der Waals surface area contributed by atoms with Crippen molar-refractivity contribution in [2.45, 2.75) is 13.3 Å². The normalized spacial score (nSPS) is 11.5. The van der Waals surface area contributed by atoms with Gasteiger partial charge in [-0.1, -0.05) is 6.07 Å². The SMILES string of the molecule is CCNC(=NCCOC)NCCc1ccc(F)cc1F. The molecule has 2 N–H and O–H groups in total. The summed E-state index contributed by atoms with van der Waals surface area (Å²) in [5, 5.41) is 6.17. The van der Waals surface area contributed by atoms with Crippen LogP contribution in [0.15, 0.2) is 23.2 Å². The number of rotatable bonds is 7. The van der Waals surface area contributed by atoms with Crippen LogP contribution < -0.4 is 10.6 Å². The topological polar surface area (TPSA) is 45.7 Å². The molecule has 0 amide bonds. The van der Waals surface area contributed by atoms with Crippen LogP contribution in [-0.4, -0.2) is 39.3 Å². The predicted octanol–water partition coefficient (Wildman–Crippen LogP) is 1.71. The third-order valence-corrected chi connectivity index (χ3v) is 2.61. The van der Waals surface area contributed by atoms with E-state index in [4.69, 9.17) is 4.74 Å². The van der Waals surface area contributed by atoms with Gasteiger partial charge in [-0.05, 0) is 25.0 Å². The smallest absolute Gasteiger partial charge is 0.191 e. The molecule has 0 spiro atoms. The van der Waals surface area contributed by atoms with Crippen LogP contribution in [0, 0.1) is 11.6 Å². The molecule has 0 aliphatic carbocycles. The number of hydrogen-bond donors (Lipinski definition) is 2. The fraction of sp³-hybridized carbons (Fsp3) is 0.500. The molecule has 6 heteroatoms. The summed E-state index contributed by atoms with van der Waals surface area (Å²) >= 11 is 0. The number of nitrogens with one attached hydrogen (secondary N) is 2. The van der Waals surface area contributed by atoms with E-state index in [1.807, 2.05) is 6.92 Å². The maximum Gasteiger partial charge on any atom is 0.191 e. The minimum atomic E-state index is -0.561. The molecule has 0 saturated carbocycles. The van der Waals surface area contributed by atoms with Gasteiger partial charge in [-0.2, -0.15) is 0 Å². The number of nitrogens with zero attached hydrogens (tertiary/aromatic N) is 1. The van der Waals surface area contributed by atoms with Gasteiger partial charge >= 0.3 is 0 Å². The Bertz CT molecular complexity index is 438. The molecule has 112 valence electrons. The zero-order valence-corrected chi connectivity index (χ0v) is 11.9. The first kappa shape index (κ1) is 16.4. The van der Waals surface area contributed by atoms with Crippen LogP contribution in [0.3, 0.4) is 0 Å². The van der Waals surface area contributed by atoms with Crippen molar-refractivity contribution >= 4 is 5.96 Å². The van der Waals surface area contributed by atoms with Crippen molar-refractivity contribution < 1.29 is 13.5 Å². The molecule has 0 aromatic heterocycles. The molecule has 1 aromatic carbocycles. The van der Waals surface area contributed by atoms with Crippen LogP contribution in [0.4, 0.5) is 8.78 Å². The molecule has 0 aliphatic heterocycles. The summed E-state index contributed by atoms with van der Waals surface area (Å²) in [6.07, 6.45) is 0.459.